The maximum Gasteiger partial charge on any atom is 0.268 e. The standard InChI is InChI=1S/C52H53N5O.Pt/c1-50(2,3)32-36-19-21-54-49(28-36)57-46-18-15-40(39-13-11-10-12-14-39)29-45(46)44-17-16-42(30-47(44)57)58-43-20-22-53-48(31-43)56-24-23-55(35-56)41-26-37(33-51(4,5)6)25-38(27-41)34-52(7,8)9;/h10-29H,32-34H2,1-9H3;/q-2;/i32D2,33D2,34D2;. The molecule has 0 fully saturated rings. The molecule has 0 amide bonds. The molecule has 0 spiro atoms. The molecule has 7 heteroatoms. The number of ether oxygens (including phenoxy) is 1. The summed E-state index contributed by atoms with van der Waals surface area (Å²) in [5, 5.41) is 1.91. The van der Waals surface area contributed by atoms with Crippen molar-refractivity contribution in [2.75, 3.05) is 0 Å². The van der Waals surface area contributed by atoms with Gasteiger partial charge in [0.1, 0.15) is 5.82 Å². The summed E-state index contributed by atoms with van der Waals surface area (Å²) in [4.78, 5) is 9.33. The summed E-state index contributed by atoms with van der Waals surface area (Å²) in [6.07, 6.45) is 4.91. The quantitative estimate of drug-likeness (QED) is 0.107. The van der Waals surface area contributed by atoms with Crippen LogP contribution in [0.1, 0.15) is 87.2 Å². The SMILES string of the molecule is [2H]C([2H])(c1cc(-[n+]2[c-]n(-c3[c-]c(Oc4[c-]c5c(cc4)c4cc(-c6ccccc6)ccc4n5-c4cc(C([2H])([2H])C(C)(C)C)ccn4)ccn3)cc2)cc(C([2H])([2H])C(C)(C)C)c1)C(C)(C)C.[Pt]. The van der Waals surface area contributed by atoms with Gasteiger partial charge in [0.25, 0.3) is 6.33 Å². The molecule has 0 saturated carbocycles. The molecule has 0 aliphatic carbocycles. The van der Waals surface area contributed by atoms with Crippen LogP contribution in [0, 0.1) is 34.7 Å². The van der Waals surface area contributed by atoms with Crippen molar-refractivity contribution >= 4 is 21.8 Å². The third kappa shape index (κ3) is 9.94. The zero-order valence-electron chi connectivity index (χ0n) is 41.0. The maximum atomic E-state index is 9.08. The second-order valence-electron chi connectivity index (χ2n) is 17.8. The Kier molecular flexibility index (Phi) is 9.59. The van der Waals surface area contributed by atoms with Crippen molar-refractivity contribution in [3.63, 3.8) is 0 Å². The third-order valence-corrected chi connectivity index (χ3v) is 9.17. The Hall–Kier alpha value is -5.32. The Morgan fingerprint density at radius 2 is 1.31 bits per heavy atom. The Balaban J connectivity index is 0.00000630. The van der Waals surface area contributed by atoms with Gasteiger partial charge in [0, 0.05) is 59.1 Å². The van der Waals surface area contributed by atoms with E-state index in [0.717, 1.165) is 27.4 Å². The van der Waals surface area contributed by atoms with Crippen LogP contribution in [0.25, 0.3) is 50.3 Å². The van der Waals surface area contributed by atoms with Crippen LogP contribution in [-0.2, 0) is 40.2 Å². The summed E-state index contributed by atoms with van der Waals surface area (Å²) in [7, 11) is 0. The Morgan fingerprint density at radius 3 is 2.00 bits per heavy atom. The van der Waals surface area contributed by atoms with Crippen LogP contribution in [0.5, 0.6) is 11.5 Å². The van der Waals surface area contributed by atoms with Gasteiger partial charge in [-0.2, -0.15) is 18.2 Å². The number of hydrogen-bond acceptors (Lipinski definition) is 3. The first-order valence-electron chi connectivity index (χ1n) is 22.6. The van der Waals surface area contributed by atoms with Gasteiger partial charge in [0.05, 0.1) is 11.5 Å². The predicted molar refractivity (Wildman–Crippen MR) is 235 cm³/mol. The largest absolute Gasteiger partial charge is 0.522 e. The third-order valence-electron chi connectivity index (χ3n) is 9.17. The van der Waals surface area contributed by atoms with Crippen LogP contribution < -0.4 is 9.30 Å². The van der Waals surface area contributed by atoms with E-state index in [0.29, 0.717) is 51.0 Å². The molecule has 59 heavy (non-hydrogen) atoms. The summed E-state index contributed by atoms with van der Waals surface area (Å²) in [5.74, 6) is 1.75. The number of rotatable bonds is 9. The van der Waals surface area contributed by atoms with Gasteiger partial charge in [-0.15, -0.1) is 17.5 Å². The zero-order valence-corrected chi connectivity index (χ0v) is 37.3. The van der Waals surface area contributed by atoms with Crippen molar-refractivity contribution in [1.82, 2.24) is 19.1 Å². The van der Waals surface area contributed by atoms with Gasteiger partial charge in [-0.3, -0.25) is 14.1 Å². The number of benzene rings is 4. The number of aromatic nitrogens is 5. The van der Waals surface area contributed by atoms with E-state index in [2.05, 4.69) is 53.8 Å². The van der Waals surface area contributed by atoms with Crippen LogP contribution in [0.3, 0.4) is 0 Å². The summed E-state index contributed by atoms with van der Waals surface area (Å²) in [6, 6.07) is 37.6. The molecule has 4 heterocycles. The van der Waals surface area contributed by atoms with Crippen molar-refractivity contribution in [3.05, 3.63) is 157 Å². The monoisotopic (exact) mass is 964 g/mol. The molecular weight excluding hydrogens is 906 g/mol. The van der Waals surface area contributed by atoms with E-state index >= 15 is 0 Å². The fraction of sp³-hybridized carbons (Fsp3) is 0.288. The molecule has 4 aromatic carbocycles. The summed E-state index contributed by atoms with van der Waals surface area (Å²) in [6.45, 7) is 16.7. The van der Waals surface area contributed by atoms with Crippen molar-refractivity contribution in [3.8, 4) is 39.9 Å². The fourth-order valence-corrected chi connectivity index (χ4v) is 7.08. The first-order chi connectivity index (χ1) is 29.9. The van der Waals surface area contributed by atoms with E-state index in [1.54, 1.807) is 64.3 Å². The van der Waals surface area contributed by atoms with Crippen LogP contribution in [0.4, 0.5) is 0 Å². The second-order valence-corrected chi connectivity index (χ2v) is 17.8. The molecule has 0 aliphatic rings. The minimum absolute atomic E-state index is 0. The van der Waals surface area contributed by atoms with Gasteiger partial charge in [-0.25, -0.2) is 4.98 Å². The predicted octanol–water partition coefficient (Wildman–Crippen LogP) is 12.3. The van der Waals surface area contributed by atoms with Gasteiger partial charge in [0.2, 0.25) is 0 Å². The van der Waals surface area contributed by atoms with E-state index < -0.39 is 35.4 Å². The molecule has 6 nitrogen and oxygen atoms in total. The Labute approximate surface area is 372 Å². The molecule has 0 radical (unpaired) electrons. The summed E-state index contributed by atoms with van der Waals surface area (Å²) >= 11 is 0. The summed E-state index contributed by atoms with van der Waals surface area (Å²) < 4.78 is 66.2. The topological polar surface area (TPSA) is 48.8 Å². The number of pyridine rings is 2. The van der Waals surface area contributed by atoms with Crippen LogP contribution in [0.2, 0.25) is 0 Å². The van der Waals surface area contributed by atoms with Crippen LogP contribution in [0.15, 0.2) is 122 Å². The number of nitrogens with zero attached hydrogens (tertiary/aromatic N) is 5. The molecule has 0 aliphatic heterocycles. The van der Waals surface area contributed by atoms with E-state index in [1.807, 2.05) is 103 Å². The molecule has 4 aromatic heterocycles. The Bertz CT molecular complexity index is 2990. The van der Waals surface area contributed by atoms with Crippen LogP contribution >= 0.6 is 0 Å². The average molecular weight is 965 g/mol. The fourth-order valence-electron chi connectivity index (χ4n) is 7.08. The minimum atomic E-state index is -1.77. The van der Waals surface area contributed by atoms with E-state index in [-0.39, 0.29) is 21.1 Å². The maximum absolute atomic E-state index is 9.08. The summed E-state index contributed by atoms with van der Waals surface area (Å²) in [5.41, 5.74) is 3.42. The average Bonchev–Trinajstić information content (AvgIpc) is 3.86. The molecule has 0 N–H and O–H groups in total. The number of imidazole rings is 1. The molecule has 0 atom stereocenters. The zero-order chi connectivity index (χ0) is 46.2. The van der Waals surface area contributed by atoms with Gasteiger partial charge >= 0.3 is 0 Å². The van der Waals surface area contributed by atoms with Crippen molar-refractivity contribution < 1.29 is 38.6 Å². The minimum Gasteiger partial charge on any atom is -0.522 e. The first kappa shape index (κ1) is 34.5. The van der Waals surface area contributed by atoms with Gasteiger partial charge in [-0.1, -0.05) is 134 Å². The van der Waals surface area contributed by atoms with Crippen molar-refractivity contribution in [1.29, 1.82) is 0 Å². The smallest absolute Gasteiger partial charge is 0.268 e. The van der Waals surface area contributed by atoms with Gasteiger partial charge in [0.15, 0.2) is 0 Å². The molecule has 0 bridgehead atoms. The second kappa shape index (κ2) is 16.4. The first-order valence-corrected chi connectivity index (χ1v) is 19.6. The molecular formula is C52H53N5OPt-2. The molecule has 8 aromatic rings. The molecule has 0 unspecified atom stereocenters. The molecule has 0 saturated heterocycles. The normalized spacial score (nSPS) is 14.5. The number of hydrogen-bond donors (Lipinski definition) is 0. The Morgan fingerprint density at radius 1 is 0.644 bits per heavy atom. The molecule has 8 rings (SSSR count). The van der Waals surface area contributed by atoms with E-state index in [1.165, 1.54) is 0 Å². The van der Waals surface area contributed by atoms with E-state index in [9.17, 15) is 0 Å². The van der Waals surface area contributed by atoms with Crippen LogP contribution in [-0.4, -0.2) is 19.1 Å². The number of fused-ring (bicyclic) bond motifs is 3. The van der Waals surface area contributed by atoms with Crippen molar-refractivity contribution in [2.45, 2.75) is 81.4 Å². The molecule has 304 valence electrons. The van der Waals surface area contributed by atoms with Gasteiger partial charge in [-0.05, 0) is 93.5 Å². The van der Waals surface area contributed by atoms with Gasteiger partial charge < -0.3 is 9.30 Å². The van der Waals surface area contributed by atoms with E-state index in [4.69, 9.17) is 17.9 Å². The van der Waals surface area contributed by atoms with Crippen molar-refractivity contribution in [2.24, 2.45) is 16.2 Å².